The highest BCUT2D eigenvalue weighted by Crippen LogP contribution is 2.27. The van der Waals surface area contributed by atoms with E-state index in [9.17, 15) is 13.2 Å². The molecule has 0 aromatic heterocycles. The van der Waals surface area contributed by atoms with E-state index in [1.165, 1.54) is 26.4 Å². The second kappa shape index (κ2) is 11.3. The van der Waals surface area contributed by atoms with Gasteiger partial charge in [0.05, 0.1) is 17.7 Å². The van der Waals surface area contributed by atoms with Crippen LogP contribution in [0.4, 0.5) is 5.69 Å². The average molecular weight is 460 g/mol. The van der Waals surface area contributed by atoms with Crippen molar-refractivity contribution in [2.75, 3.05) is 44.1 Å². The minimum atomic E-state index is -3.93. The van der Waals surface area contributed by atoms with Crippen molar-refractivity contribution in [2.45, 2.75) is 37.5 Å². The first-order valence-electron chi connectivity index (χ1n) is 11.1. The van der Waals surface area contributed by atoms with Crippen LogP contribution >= 0.6 is 0 Å². The number of benzene rings is 2. The third-order valence-corrected chi connectivity index (χ3v) is 7.45. The fourth-order valence-electron chi connectivity index (χ4n) is 3.82. The number of carbonyl (C=O) groups excluding carboxylic acids is 1. The number of sulfonamides is 1. The first kappa shape index (κ1) is 24.1. The second-order valence-corrected chi connectivity index (χ2v) is 9.99. The molecule has 0 unspecified atom stereocenters. The fraction of sp³-hybridized carbons (Fsp3) is 0.458. The van der Waals surface area contributed by atoms with Crippen molar-refractivity contribution in [3.05, 3.63) is 54.1 Å². The maximum atomic E-state index is 13.4. The summed E-state index contributed by atoms with van der Waals surface area (Å²) in [5, 5.41) is 2.88. The van der Waals surface area contributed by atoms with Crippen LogP contribution in [0.15, 0.2) is 53.4 Å². The molecule has 2 aromatic carbocycles. The summed E-state index contributed by atoms with van der Waals surface area (Å²) in [6.07, 6.45) is 4.61. The molecule has 1 fully saturated rings. The Hall–Kier alpha value is -2.58. The minimum absolute atomic E-state index is 0.142. The molecule has 174 valence electrons. The van der Waals surface area contributed by atoms with E-state index in [2.05, 4.69) is 10.2 Å². The van der Waals surface area contributed by atoms with Gasteiger partial charge in [0.15, 0.2) is 0 Å². The first-order chi connectivity index (χ1) is 15.4. The van der Waals surface area contributed by atoms with E-state index in [0.29, 0.717) is 18.0 Å². The van der Waals surface area contributed by atoms with Gasteiger partial charge in [0.25, 0.3) is 10.0 Å². The van der Waals surface area contributed by atoms with Crippen LogP contribution in [0.25, 0.3) is 0 Å². The summed E-state index contributed by atoms with van der Waals surface area (Å²) in [5.41, 5.74) is 1.34. The summed E-state index contributed by atoms with van der Waals surface area (Å²) < 4.78 is 33.2. The Balaban J connectivity index is 1.70. The molecule has 0 aliphatic carbocycles. The van der Waals surface area contributed by atoms with Crippen molar-refractivity contribution in [3.63, 3.8) is 0 Å². The van der Waals surface area contributed by atoms with E-state index in [1.54, 1.807) is 48.5 Å². The molecular weight excluding hydrogens is 426 g/mol. The van der Waals surface area contributed by atoms with Gasteiger partial charge in [-0.05, 0) is 70.1 Å². The lowest BCUT2D eigenvalue weighted by molar-refractivity contribution is -0.119. The first-order valence-corrected chi connectivity index (χ1v) is 12.6. The van der Waals surface area contributed by atoms with Gasteiger partial charge in [-0.2, -0.15) is 0 Å². The van der Waals surface area contributed by atoms with Crippen LogP contribution in [0, 0.1) is 6.92 Å². The van der Waals surface area contributed by atoms with Crippen molar-refractivity contribution >= 4 is 21.6 Å². The minimum Gasteiger partial charge on any atom is -0.497 e. The summed E-state index contributed by atoms with van der Waals surface area (Å²) in [5.74, 6) is 0.190. The van der Waals surface area contributed by atoms with Crippen molar-refractivity contribution in [3.8, 4) is 5.75 Å². The molecule has 1 aliphatic heterocycles. The molecule has 0 bridgehead atoms. The highest BCUT2D eigenvalue weighted by Gasteiger charge is 2.27. The third kappa shape index (κ3) is 6.46. The van der Waals surface area contributed by atoms with Gasteiger partial charge in [-0.25, -0.2) is 8.42 Å². The summed E-state index contributed by atoms with van der Waals surface area (Å²) in [4.78, 5) is 15.3. The number of aryl methyl sites for hydroxylation is 1. The van der Waals surface area contributed by atoms with Gasteiger partial charge < -0.3 is 15.0 Å². The molecule has 7 nitrogen and oxygen atoms in total. The van der Waals surface area contributed by atoms with Gasteiger partial charge in [-0.3, -0.25) is 9.10 Å². The number of anilines is 1. The SMILES string of the molecule is COc1cccc(N(CC(=O)NCCCN2CCCCC2)S(=O)(=O)c2ccc(C)cc2)c1. The van der Waals surface area contributed by atoms with Gasteiger partial charge in [0.2, 0.25) is 5.91 Å². The molecule has 8 heteroatoms. The molecular formula is C24H33N3O4S. The fourth-order valence-corrected chi connectivity index (χ4v) is 5.23. The number of rotatable bonds is 10. The number of nitrogens with zero attached hydrogens (tertiary/aromatic N) is 2. The maximum absolute atomic E-state index is 13.4. The molecule has 2 aromatic rings. The van der Waals surface area contributed by atoms with Crippen molar-refractivity contribution in [2.24, 2.45) is 0 Å². The number of hydrogen-bond acceptors (Lipinski definition) is 5. The van der Waals surface area contributed by atoms with Crippen LogP contribution in [0.2, 0.25) is 0 Å². The predicted molar refractivity (Wildman–Crippen MR) is 127 cm³/mol. The number of piperidine rings is 1. The molecule has 1 amide bonds. The highest BCUT2D eigenvalue weighted by molar-refractivity contribution is 7.92. The van der Waals surface area contributed by atoms with Crippen LogP contribution in [-0.4, -0.2) is 59.1 Å². The summed E-state index contributed by atoms with van der Waals surface area (Å²) in [6, 6.07) is 13.4. The van der Waals surface area contributed by atoms with E-state index in [-0.39, 0.29) is 17.3 Å². The van der Waals surface area contributed by atoms with Gasteiger partial charge >= 0.3 is 0 Å². The standard InChI is InChI=1S/C24H33N3O4S/c1-20-10-12-23(13-11-20)32(29,30)27(21-8-6-9-22(18-21)31-2)19-24(28)25-14-7-17-26-15-4-3-5-16-26/h6,8-13,18H,3-5,7,14-17,19H2,1-2H3,(H,25,28). The zero-order valence-corrected chi connectivity index (χ0v) is 19.7. The molecule has 1 N–H and O–H groups in total. The summed E-state index contributed by atoms with van der Waals surface area (Å²) >= 11 is 0. The Kier molecular flexibility index (Phi) is 8.53. The van der Waals surface area contributed by atoms with Crippen LogP contribution in [0.5, 0.6) is 5.75 Å². The van der Waals surface area contributed by atoms with Crippen molar-refractivity contribution in [1.29, 1.82) is 0 Å². The number of carbonyl (C=O) groups is 1. The van der Waals surface area contributed by atoms with E-state index < -0.39 is 10.0 Å². The van der Waals surface area contributed by atoms with Gasteiger partial charge in [-0.15, -0.1) is 0 Å². The normalized spacial score (nSPS) is 14.7. The molecule has 1 saturated heterocycles. The number of nitrogens with one attached hydrogen (secondary N) is 1. The molecule has 0 spiro atoms. The number of amides is 1. The quantitative estimate of drug-likeness (QED) is 0.552. The largest absolute Gasteiger partial charge is 0.497 e. The molecule has 0 radical (unpaired) electrons. The number of hydrogen-bond donors (Lipinski definition) is 1. The zero-order chi connectivity index (χ0) is 23.0. The lowest BCUT2D eigenvalue weighted by Crippen LogP contribution is -2.41. The van der Waals surface area contributed by atoms with E-state index in [4.69, 9.17) is 4.74 Å². The number of likely N-dealkylation sites (tertiary alicyclic amines) is 1. The molecule has 0 saturated carbocycles. The Morgan fingerprint density at radius 1 is 1.09 bits per heavy atom. The summed E-state index contributed by atoms with van der Waals surface area (Å²) in [7, 11) is -2.41. The lowest BCUT2D eigenvalue weighted by Gasteiger charge is -2.26. The van der Waals surface area contributed by atoms with Gasteiger partial charge in [0, 0.05) is 12.6 Å². The van der Waals surface area contributed by atoms with Crippen LogP contribution in [0.3, 0.4) is 0 Å². The van der Waals surface area contributed by atoms with E-state index in [1.807, 2.05) is 6.92 Å². The second-order valence-electron chi connectivity index (χ2n) is 8.13. The monoisotopic (exact) mass is 459 g/mol. The Morgan fingerprint density at radius 2 is 1.81 bits per heavy atom. The maximum Gasteiger partial charge on any atom is 0.264 e. The predicted octanol–water partition coefficient (Wildman–Crippen LogP) is 3.19. The number of ether oxygens (including phenoxy) is 1. The molecule has 3 rings (SSSR count). The molecule has 1 aliphatic rings. The highest BCUT2D eigenvalue weighted by atomic mass is 32.2. The van der Waals surface area contributed by atoms with E-state index >= 15 is 0 Å². The third-order valence-electron chi connectivity index (χ3n) is 5.66. The number of methoxy groups -OCH3 is 1. The summed E-state index contributed by atoms with van der Waals surface area (Å²) in [6.45, 7) is 5.30. The smallest absolute Gasteiger partial charge is 0.264 e. The van der Waals surface area contributed by atoms with Crippen LogP contribution in [0.1, 0.15) is 31.2 Å². The van der Waals surface area contributed by atoms with Crippen molar-refractivity contribution in [1.82, 2.24) is 10.2 Å². The van der Waals surface area contributed by atoms with Gasteiger partial charge in [-0.1, -0.05) is 30.2 Å². The van der Waals surface area contributed by atoms with Crippen LogP contribution < -0.4 is 14.4 Å². The topological polar surface area (TPSA) is 79.0 Å². The zero-order valence-electron chi connectivity index (χ0n) is 18.9. The van der Waals surface area contributed by atoms with Crippen LogP contribution in [-0.2, 0) is 14.8 Å². The molecule has 32 heavy (non-hydrogen) atoms. The Morgan fingerprint density at radius 3 is 2.50 bits per heavy atom. The van der Waals surface area contributed by atoms with E-state index in [0.717, 1.165) is 35.9 Å². The Bertz CT molecular complexity index is 987. The average Bonchev–Trinajstić information content (AvgIpc) is 2.81. The van der Waals surface area contributed by atoms with Gasteiger partial charge in [0.1, 0.15) is 12.3 Å². The van der Waals surface area contributed by atoms with Crippen molar-refractivity contribution < 1.29 is 17.9 Å². The molecule has 0 atom stereocenters. The molecule has 1 heterocycles. The lowest BCUT2D eigenvalue weighted by atomic mass is 10.1. The Labute approximate surface area is 191 Å².